The first-order valence-electron chi connectivity index (χ1n) is 6.91. The summed E-state index contributed by atoms with van der Waals surface area (Å²) in [6.07, 6.45) is 7.35. The zero-order valence-corrected chi connectivity index (χ0v) is 13.0. The zero-order valence-electron chi connectivity index (χ0n) is 11.4. The van der Waals surface area contributed by atoms with E-state index in [0.717, 1.165) is 26.1 Å². The Bertz CT molecular complexity index is 530. The van der Waals surface area contributed by atoms with Gasteiger partial charge in [-0.1, -0.05) is 18.0 Å². The predicted molar refractivity (Wildman–Crippen MR) is 79.3 cm³/mol. The summed E-state index contributed by atoms with van der Waals surface area (Å²) >= 11 is 5.88. The van der Waals surface area contributed by atoms with Crippen molar-refractivity contribution in [1.29, 1.82) is 0 Å². The van der Waals surface area contributed by atoms with Crippen molar-refractivity contribution < 1.29 is 8.42 Å². The molecule has 2 rings (SSSR count). The SMILES string of the molecule is O=S(=O)(NCCCN1CCCCC1)c1cnccc1Cl. The van der Waals surface area contributed by atoms with Crippen molar-refractivity contribution in [1.82, 2.24) is 14.6 Å². The monoisotopic (exact) mass is 317 g/mol. The molecular formula is C13H20ClN3O2S. The van der Waals surface area contributed by atoms with Gasteiger partial charge in [0.2, 0.25) is 10.0 Å². The standard InChI is InChI=1S/C13H20ClN3O2S/c14-12-5-7-15-11-13(12)20(18,19)16-6-4-10-17-8-2-1-3-9-17/h5,7,11,16H,1-4,6,8-10H2. The molecule has 0 saturated carbocycles. The lowest BCUT2D eigenvalue weighted by Crippen LogP contribution is -2.33. The van der Waals surface area contributed by atoms with Gasteiger partial charge in [0, 0.05) is 18.9 Å². The first-order valence-corrected chi connectivity index (χ1v) is 8.77. The van der Waals surface area contributed by atoms with Gasteiger partial charge < -0.3 is 4.90 Å². The molecule has 1 aliphatic rings. The average Bonchev–Trinajstić information content (AvgIpc) is 2.45. The second-order valence-electron chi connectivity index (χ2n) is 4.96. The molecule has 0 aliphatic carbocycles. The number of nitrogens with zero attached hydrogens (tertiary/aromatic N) is 2. The van der Waals surface area contributed by atoms with Crippen molar-refractivity contribution in [3.8, 4) is 0 Å². The highest BCUT2D eigenvalue weighted by Gasteiger charge is 2.17. The molecule has 0 bridgehead atoms. The van der Waals surface area contributed by atoms with Gasteiger partial charge in [0.05, 0.1) is 5.02 Å². The van der Waals surface area contributed by atoms with Gasteiger partial charge in [0.1, 0.15) is 4.90 Å². The number of nitrogens with one attached hydrogen (secondary N) is 1. The van der Waals surface area contributed by atoms with Crippen molar-refractivity contribution in [2.24, 2.45) is 0 Å². The van der Waals surface area contributed by atoms with Gasteiger partial charge >= 0.3 is 0 Å². The molecule has 0 unspecified atom stereocenters. The Morgan fingerprint density at radius 3 is 2.75 bits per heavy atom. The quantitative estimate of drug-likeness (QED) is 0.814. The lowest BCUT2D eigenvalue weighted by molar-refractivity contribution is 0.227. The van der Waals surface area contributed by atoms with Crippen molar-refractivity contribution >= 4 is 21.6 Å². The fourth-order valence-corrected chi connectivity index (χ4v) is 3.83. The fourth-order valence-electron chi connectivity index (χ4n) is 2.33. The Morgan fingerprint density at radius 1 is 1.30 bits per heavy atom. The van der Waals surface area contributed by atoms with Crippen LogP contribution in [0.15, 0.2) is 23.4 Å². The summed E-state index contributed by atoms with van der Waals surface area (Å²) in [5.74, 6) is 0. The number of likely N-dealkylation sites (tertiary alicyclic amines) is 1. The molecule has 1 aromatic heterocycles. The third-order valence-corrected chi connectivity index (χ3v) is 5.35. The molecule has 1 saturated heterocycles. The van der Waals surface area contributed by atoms with Crippen molar-refractivity contribution in [3.05, 3.63) is 23.5 Å². The van der Waals surface area contributed by atoms with Crippen LogP contribution in [0.1, 0.15) is 25.7 Å². The summed E-state index contributed by atoms with van der Waals surface area (Å²) in [5, 5.41) is 0.198. The van der Waals surface area contributed by atoms with Gasteiger partial charge in [-0.15, -0.1) is 0 Å². The number of halogens is 1. The molecule has 0 spiro atoms. The molecule has 1 N–H and O–H groups in total. The number of hydrogen-bond donors (Lipinski definition) is 1. The summed E-state index contributed by atoms with van der Waals surface area (Å²) < 4.78 is 26.7. The van der Waals surface area contributed by atoms with Crippen LogP contribution in [0.2, 0.25) is 5.02 Å². The van der Waals surface area contributed by atoms with Gasteiger partial charge in [-0.3, -0.25) is 4.98 Å². The molecule has 20 heavy (non-hydrogen) atoms. The topological polar surface area (TPSA) is 62.3 Å². The molecule has 5 nitrogen and oxygen atoms in total. The maximum atomic E-state index is 12.1. The van der Waals surface area contributed by atoms with E-state index in [-0.39, 0.29) is 9.92 Å². The van der Waals surface area contributed by atoms with E-state index in [0.29, 0.717) is 6.54 Å². The van der Waals surface area contributed by atoms with E-state index in [4.69, 9.17) is 11.6 Å². The fraction of sp³-hybridized carbons (Fsp3) is 0.615. The van der Waals surface area contributed by atoms with Crippen LogP contribution in [0.5, 0.6) is 0 Å². The highest BCUT2D eigenvalue weighted by Crippen LogP contribution is 2.18. The van der Waals surface area contributed by atoms with E-state index >= 15 is 0 Å². The molecule has 0 atom stereocenters. The molecule has 1 fully saturated rings. The number of rotatable bonds is 6. The highest BCUT2D eigenvalue weighted by molar-refractivity contribution is 7.89. The minimum absolute atomic E-state index is 0.0413. The highest BCUT2D eigenvalue weighted by atomic mass is 35.5. The first kappa shape index (κ1) is 15.7. The van der Waals surface area contributed by atoms with Gasteiger partial charge in [0.15, 0.2) is 0 Å². The van der Waals surface area contributed by atoms with E-state index in [1.165, 1.54) is 37.7 Å². The van der Waals surface area contributed by atoms with Crippen molar-refractivity contribution in [2.45, 2.75) is 30.6 Å². The van der Waals surface area contributed by atoms with E-state index in [1.807, 2.05) is 0 Å². The van der Waals surface area contributed by atoms with Crippen LogP contribution in [0, 0.1) is 0 Å². The maximum Gasteiger partial charge on any atom is 0.243 e. The summed E-state index contributed by atoms with van der Waals surface area (Å²) in [6.45, 7) is 3.61. The number of pyridine rings is 1. The summed E-state index contributed by atoms with van der Waals surface area (Å²) in [6, 6.07) is 1.48. The van der Waals surface area contributed by atoms with Crippen LogP contribution >= 0.6 is 11.6 Å². The molecule has 112 valence electrons. The Kier molecular flexibility index (Phi) is 5.77. The maximum absolute atomic E-state index is 12.1. The van der Waals surface area contributed by atoms with E-state index in [1.54, 1.807) is 0 Å². The molecule has 2 heterocycles. The molecule has 0 aromatic carbocycles. The van der Waals surface area contributed by atoms with Gasteiger partial charge in [-0.2, -0.15) is 0 Å². The number of sulfonamides is 1. The van der Waals surface area contributed by atoms with Gasteiger partial charge in [0.25, 0.3) is 0 Å². The van der Waals surface area contributed by atoms with Crippen LogP contribution in [-0.2, 0) is 10.0 Å². The van der Waals surface area contributed by atoms with E-state index in [2.05, 4.69) is 14.6 Å². The summed E-state index contributed by atoms with van der Waals surface area (Å²) in [5.41, 5.74) is 0. The average molecular weight is 318 g/mol. The van der Waals surface area contributed by atoms with E-state index in [9.17, 15) is 8.42 Å². The molecule has 1 aliphatic heterocycles. The lowest BCUT2D eigenvalue weighted by atomic mass is 10.1. The normalized spacial score (nSPS) is 17.2. The second-order valence-corrected chi connectivity index (χ2v) is 7.10. The van der Waals surface area contributed by atoms with E-state index < -0.39 is 10.0 Å². The third-order valence-electron chi connectivity index (χ3n) is 3.42. The van der Waals surface area contributed by atoms with Crippen LogP contribution in [0.4, 0.5) is 0 Å². The Labute approximate surface area is 125 Å². The van der Waals surface area contributed by atoms with Crippen molar-refractivity contribution in [2.75, 3.05) is 26.2 Å². The number of aromatic nitrogens is 1. The first-order chi connectivity index (χ1) is 9.59. The summed E-state index contributed by atoms with van der Waals surface area (Å²) in [4.78, 5) is 6.23. The minimum Gasteiger partial charge on any atom is -0.303 e. The minimum atomic E-state index is -3.56. The Balaban J connectivity index is 1.79. The molecule has 1 aromatic rings. The lowest BCUT2D eigenvalue weighted by Gasteiger charge is -2.26. The molecule has 0 amide bonds. The van der Waals surface area contributed by atoms with Gasteiger partial charge in [-0.05, 0) is 45.0 Å². The van der Waals surface area contributed by atoms with Gasteiger partial charge in [-0.25, -0.2) is 13.1 Å². The summed E-state index contributed by atoms with van der Waals surface area (Å²) in [7, 11) is -3.56. The molecule has 7 heteroatoms. The third kappa shape index (κ3) is 4.41. The van der Waals surface area contributed by atoms with Crippen LogP contribution in [-0.4, -0.2) is 44.5 Å². The molecule has 0 radical (unpaired) electrons. The number of hydrogen-bond acceptors (Lipinski definition) is 4. The van der Waals surface area contributed by atoms with Crippen LogP contribution < -0.4 is 4.72 Å². The second kappa shape index (κ2) is 7.36. The smallest absolute Gasteiger partial charge is 0.243 e. The largest absolute Gasteiger partial charge is 0.303 e. The zero-order chi connectivity index (χ0) is 14.4. The number of piperidine rings is 1. The van der Waals surface area contributed by atoms with Crippen LogP contribution in [0.25, 0.3) is 0 Å². The predicted octanol–water partition coefficient (Wildman–Crippen LogP) is 1.89. The molecular weight excluding hydrogens is 298 g/mol. The van der Waals surface area contributed by atoms with Crippen molar-refractivity contribution in [3.63, 3.8) is 0 Å². The van der Waals surface area contributed by atoms with Crippen LogP contribution in [0.3, 0.4) is 0 Å². The Hall–Kier alpha value is -0.690. The Morgan fingerprint density at radius 2 is 2.05 bits per heavy atom.